The molecular formula is C8H20NOP. The number of hydrogen-bond acceptors (Lipinski definition) is 2. The molecule has 0 saturated carbocycles. The summed E-state index contributed by atoms with van der Waals surface area (Å²) in [5.41, 5.74) is 0.474. The smallest absolute Gasteiger partial charge is 0.0861 e. The minimum Gasteiger partial charge on any atom is -0.324 e. The van der Waals surface area contributed by atoms with Crippen molar-refractivity contribution >= 4 is 7.14 Å². The Labute approximate surface area is 70.8 Å². The van der Waals surface area contributed by atoms with Gasteiger partial charge in [-0.2, -0.15) is 0 Å². The Kier molecular flexibility index (Phi) is 2.77. The van der Waals surface area contributed by atoms with Gasteiger partial charge in [0, 0.05) is 13.6 Å². The molecule has 0 aromatic heterocycles. The second-order valence-electron chi connectivity index (χ2n) is 3.77. The standard InChI is InChI=1S/C8H18NOP.H2/c1-4-9-6-5-8(7-9)11(2,3)10;/h8H,4-7H2,1-3H3;1H. The number of likely N-dealkylation sites (tertiary alicyclic amines) is 1. The molecule has 1 saturated heterocycles. The van der Waals surface area contributed by atoms with E-state index in [2.05, 4.69) is 11.8 Å². The molecule has 0 amide bonds. The predicted molar refractivity (Wildman–Crippen MR) is 52.1 cm³/mol. The lowest BCUT2D eigenvalue weighted by Crippen LogP contribution is -2.21. The van der Waals surface area contributed by atoms with E-state index in [4.69, 9.17) is 0 Å². The lowest BCUT2D eigenvalue weighted by atomic mass is 10.4. The third-order valence-corrected chi connectivity index (χ3v) is 4.75. The quantitative estimate of drug-likeness (QED) is 0.601. The van der Waals surface area contributed by atoms with Gasteiger partial charge in [0.2, 0.25) is 0 Å². The molecule has 68 valence electrons. The molecule has 3 heteroatoms. The van der Waals surface area contributed by atoms with Crippen molar-refractivity contribution in [3.8, 4) is 0 Å². The van der Waals surface area contributed by atoms with Crippen LogP contribution in [-0.2, 0) is 4.57 Å². The van der Waals surface area contributed by atoms with Crippen molar-refractivity contribution in [1.29, 1.82) is 0 Å². The average molecular weight is 177 g/mol. The normalized spacial score (nSPS) is 27.7. The third kappa shape index (κ3) is 2.31. The van der Waals surface area contributed by atoms with E-state index in [1.54, 1.807) is 0 Å². The molecule has 1 aliphatic rings. The fraction of sp³-hybridized carbons (Fsp3) is 1.00. The maximum Gasteiger partial charge on any atom is 0.0861 e. The highest BCUT2D eigenvalue weighted by Crippen LogP contribution is 2.46. The molecule has 0 aromatic carbocycles. The molecule has 1 rings (SSSR count). The van der Waals surface area contributed by atoms with Gasteiger partial charge < -0.3 is 9.46 Å². The summed E-state index contributed by atoms with van der Waals surface area (Å²) in [6, 6.07) is 0. The van der Waals surface area contributed by atoms with E-state index in [0.29, 0.717) is 5.66 Å². The zero-order valence-electron chi connectivity index (χ0n) is 7.71. The van der Waals surface area contributed by atoms with Crippen LogP contribution in [0.1, 0.15) is 14.8 Å². The van der Waals surface area contributed by atoms with E-state index < -0.39 is 7.14 Å². The van der Waals surface area contributed by atoms with Crippen molar-refractivity contribution in [2.45, 2.75) is 19.0 Å². The second kappa shape index (κ2) is 3.28. The summed E-state index contributed by atoms with van der Waals surface area (Å²) in [6.07, 6.45) is 1.14. The maximum absolute atomic E-state index is 11.7. The van der Waals surface area contributed by atoms with Crippen LogP contribution in [0.5, 0.6) is 0 Å². The van der Waals surface area contributed by atoms with Gasteiger partial charge in [0.25, 0.3) is 0 Å². The summed E-state index contributed by atoms with van der Waals surface area (Å²) in [6.45, 7) is 9.30. The Bertz CT molecular complexity index is 180. The summed E-state index contributed by atoms with van der Waals surface area (Å²) in [5, 5.41) is 0. The molecule has 0 spiro atoms. The Morgan fingerprint density at radius 2 is 2.27 bits per heavy atom. The van der Waals surface area contributed by atoms with Crippen LogP contribution in [0.25, 0.3) is 0 Å². The van der Waals surface area contributed by atoms with Crippen molar-refractivity contribution in [1.82, 2.24) is 4.90 Å². The highest BCUT2D eigenvalue weighted by atomic mass is 31.2. The van der Waals surface area contributed by atoms with Crippen molar-refractivity contribution in [3.05, 3.63) is 0 Å². The van der Waals surface area contributed by atoms with Gasteiger partial charge in [-0.1, -0.05) is 6.92 Å². The first kappa shape index (κ1) is 9.28. The van der Waals surface area contributed by atoms with E-state index >= 15 is 0 Å². The van der Waals surface area contributed by atoms with E-state index in [9.17, 15) is 4.57 Å². The van der Waals surface area contributed by atoms with E-state index in [-0.39, 0.29) is 1.43 Å². The molecule has 0 radical (unpaired) electrons. The summed E-state index contributed by atoms with van der Waals surface area (Å²) in [7, 11) is -1.81. The van der Waals surface area contributed by atoms with Gasteiger partial charge in [0.05, 0.1) is 7.14 Å². The zero-order valence-corrected chi connectivity index (χ0v) is 8.60. The fourth-order valence-corrected chi connectivity index (χ4v) is 2.97. The topological polar surface area (TPSA) is 20.3 Å². The number of hydrogen-bond donors (Lipinski definition) is 0. The molecule has 0 bridgehead atoms. The van der Waals surface area contributed by atoms with Crippen molar-refractivity contribution in [2.75, 3.05) is 33.0 Å². The summed E-state index contributed by atoms with van der Waals surface area (Å²) in [4.78, 5) is 2.38. The van der Waals surface area contributed by atoms with Crippen LogP contribution < -0.4 is 0 Å². The number of nitrogens with zero attached hydrogens (tertiary/aromatic N) is 1. The molecule has 1 heterocycles. The van der Waals surface area contributed by atoms with Gasteiger partial charge in [-0.3, -0.25) is 0 Å². The summed E-state index contributed by atoms with van der Waals surface area (Å²) < 4.78 is 11.7. The first-order valence-electron chi connectivity index (χ1n) is 4.31. The lowest BCUT2D eigenvalue weighted by Gasteiger charge is -2.16. The fourth-order valence-electron chi connectivity index (χ4n) is 1.61. The van der Waals surface area contributed by atoms with Crippen molar-refractivity contribution < 1.29 is 5.99 Å². The Balaban J connectivity index is 0.00000121. The van der Waals surface area contributed by atoms with Crippen LogP contribution in [0.3, 0.4) is 0 Å². The van der Waals surface area contributed by atoms with E-state index in [0.717, 1.165) is 26.1 Å². The van der Waals surface area contributed by atoms with E-state index in [1.165, 1.54) is 0 Å². The van der Waals surface area contributed by atoms with Gasteiger partial charge >= 0.3 is 0 Å². The zero-order chi connectivity index (χ0) is 8.48. The first-order chi connectivity index (χ1) is 5.04. The first-order valence-corrected chi connectivity index (χ1v) is 6.98. The largest absolute Gasteiger partial charge is 0.324 e. The van der Waals surface area contributed by atoms with Crippen LogP contribution >= 0.6 is 7.14 Å². The Hall–Kier alpha value is 0.190. The highest BCUT2D eigenvalue weighted by molar-refractivity contribution is 7.63. The monoisotopic (exact) mass is 177 g/mol. The Morgan fingerprint density at radius 3 is 2.55 bits per heavy atom. The average Bonchev–Trinajstić information content (AvgIpc) is 2.32. The van der Waals surface area contributed by atoms with Gasteiger partial charge in [-0.25, -0.2) is 0 Å². The summed E-state index contributed by atoms with van der Waals surface area (Å²) in [5.74, 6) is 0. The molecule has 1 aliphatic heterocycles. The van der Waals surface area contributed by atoms with E-state index in [1.807, 2.05) is 13.3 Å². The highest BCUT2D eigenvalue weighted by Gasteiger charge is 2.29. The van der Waals surface area contributed by atoms with Gasteiger partial charge in [-0.15, -0.1) is 0 Å². The molecule has 0 aromatic rings. The lowest BCUT2D eigenvalue weighted by molar-refractivity contribution is 0.359. The van der Waals surface area contributed by atoms with Gasteiger partial charge in [0.1, 0.15) is 0 Å². The van der Waals surface area contributed by atoms with Gasteiger partial charge in [0.15, 0.2) is 0 Å². The molecule has 0 N–H and O–H groups in total. The molecular weight excluding hydrogens is 157 g/mol. The molecule has 1 fully saturated rings. The minimum absolute atomic E-state index is 0. The second-order valence-corrected chi connectivity index (χ2v) is 7.37. The van der Waals surface area contributed by atoms with Gasteiger partial charge in [-0.05, 0) is 32.8 Å². The predicted octanol–water partition coefficient (Wildman–Crippen LogP) is 1.95. The molecule has 0 aliphatic carbocycles. The van der Waals surface area contributed by atoms with Crippen molar-refractivity contribution in [3.63, 3.8) is 0 Å². The Morgan fingerprint density at radius 1 is 1.64 bits per heavy atom. The third-order valence-electron chi connectivity index (χ3n) is 2.57. The maximum atomic E-state index is 11.7. The number of rotatable bonds is 2. The molecule has 1 unspecified atom stereocenters. The van der Waals surface area contributed by atoms with Crippen LogP contribution in [0.2, 0.25) is 0 Å². The van der Waals surface area contributed by atoms with Crippen LogP contribution in [0, 0.1) is 0 Å². The summed E-state index contributed by atoms with van der Waals surface area (Å²) >= 11 is 0. The molecule has 2 nitrogen and oxygen atoms in total. The van der Waals surface area contributed by atoms with Crippen molar-refractivity contribution in [2.24, 2.45) is 0 Å². The van der Waals surface area contributed by atoms with Crippen LogP contribution in [0.15, 0.2) is 0 Å². The SMILES string of the molecule is CCN1CCC(P(C)(C)=O)C1.[HH]. The van der Waals surface area contributed by atoms with Crippen LogP contribution in [-0.4, -0.2) is 43.5 Å². The minimum atomic E-state index is -1.81. The molecule has 11 heavy (non-hydrogen) atoms. The van der Waals surface area contributed by atoms with Crippen LogP contribution in [0.4, 0.5) is 0 Å². The molecule has 1 atom stereocenters.